The molecule has 0 fully saturated rings. The number of methoxy groups -OCH3 is 1. The summed E-state index contributed by atoms with van der Waals surface area (Å²) in [5, 5.41) is 6.77. The Morgan fingerprint density at radius 3 is 2.56 bits per heavy atom. The third-order valence-corrected chi connectivity index (χ3v) is 3.68. The summed E-state index contributed by atoms with van der Waals surface area (Å²) in [6.45, 7) is 1.68. The Balaban J connectivity index is 1.90. The number of ether oxygens (including phenoxy) is 1. The van der Waals surface area contributed by atoms with Crippen LogP contribution in [-0.4, -0.2) is 24.1 Å². The second-order valence-electron chi connectivity index (χ2n) is 5.35. The summed E-state index contributed by atoms with van der Waals surface area (Å²) in [6, 6.07) is 15.8. The van der Waals surface area contributed by atoms with Gasteiger partial charge in [0, 0.05) is 11.3 Å². The summed E-state index contributed by atoms with van der Waals surface area (Å²) < 4.78 is 9.89. The lowest BCUT2D eigenvalue weighted by Crippen LogP contribution is -2.14. The topological polar surface area (TPSA) is 81.4 Å². The third-order valence-electron chi connectivity index (χ3n) is 3.68. The van der Waals surface area contributed by atoms with E-state index in [0.717, 1.165) is 5.56 Å². The molecule has 0 radical (unpaired) electrons. The second-order valence-corrected chi connectivity index (χ2v) is 5.35. The van der Waals surface area contributed by atoms with Crippen molar-refractivity contribution in [1.29, 1.82) is 0 Å². The molecule has 1 aromatic heterocycles. The average molecular weight is 336 g/mol. The Morgan fingerprint density at radius 2 is 1.84 bits per heavy atom. The standard InChI is InChI=1S/C19H16N2O4/c1-12-16(17(21-25-12)13-7-4-3-5-8-13)18(22)20-15-10-6-9-14(11-15)19(23)24-2/h3-11H,1-2H3,(H,20,22). The lowest BCUT2D eigenvalue weighted by molar-refractivity contribution is 0.0600. The van der Waals surface area contributed by atoms with Gasteiger partial charge in [-0.15, -0.1) is 0 Å². The molecule has 126 valence electrons. The Labute approximate surface area is 144 Å². The van der Waals surface area contributed by atoms with Crippen molar-refractivity contribution in [3.8, 4) is 11.3 Å². The third kappa shape index (κ3) is 3.42. The molecule has 3 rings (SSSR count). The predicted octanol–water partition coefficient (Wildman–Crippen LogP) is 3.69. The minimum Gasteiger partial charge on any atom is -0.465 e. The highest BCUT2D eigenvalue weighted by Gasteiger charge is 2.21. The largest absolute Gasteiger partial charge is 0.465 e. The minimum atomic E-state index is -0.470. The van der Waals surface area contributed by atoms with Crippen molar-refractivity contribution in [1.82, 2.24) is 5.16 Å². The molecular weight excluding hydrogens is 320 g/mol. The molecule has 6 heteroatoms. The van der Waals surface area contributed by atoms with E-state index in [4.69, 9.17) is 4.52 Å². The number of nitrogens with one attached hydrogen (secondary N) is 1. The zero-order valence-electron chi connectivity index (χ0n) is 13.8. The van der Waals surface area contributed by atoms with Crippen LogP contribution in [0.3, 0.4) is 0 Å². The molecule has 3 aromatic rings. The molecule has 0 aliphatic heterocycles. The number of aryl methyl sites for hydroxylation is 1. The van der Waals surface area contributed by atoms with E-state index < -0.39 is 5.97 Å². The van der Waals surface area contributed by atoms with Gasteiger partial charge in [0.2, 0.25) is 0 Å². The molecule has 0 unspecified atom stereocenters. The first-order valence-corrected chi connectivity index (χ1v) is 7.61. The fraction of sp³-hybridized carbons (Fsp3) is 0.105. The Bertz CT molecular complexity index is 916. The number of carbonyl (C=O) groups is 2. The highest BCUT2D eigenvalue weighted by atomic mass is 16.5. The first kappa shape index (κ1) is 16.4. The summed E-state index contributed by atoms with van der Waals surface area (Å²) in [5.74, 6) is -0.415. The van der Waals surface area contributed by atoms with Crippen molar-refractivity contribution >= 4 is 17.6 Å². The van der Waals surface area contributed by atoms with Crippen LogP contribution in [0.4, 0.5) is 5.69 Å². The van der Waals surface area contributed by atoms with Gasteiger partial charge in [0.1, 0.15) is 17.0 Å². The zero-order chi connectivity index (χ0) is 17.8. The fourth-order valence-corrected chi connectivity index (χ4v) is 2.47. The van der Waals surface area contributed by atoms with Gasteiger partial charge in [0.05, 0.1) is 12.7 Å². The van der Waals surface area contributed by atoms with E-state index in [2.05, 4.69) is 15.2 Å². The van der Waals surface area contributed by atoms with Gasteiger partial charge < -0.3 is 14.6 Å². The number of benzene rings is 2. The average Bonchev–Trinajstić information content (AvgIpc) is 3.03. The number of hydrogen-bond donors (Lipinski definition) is 1. The molecule has 6 nitrogen and oxygen atoms in total. The molecule has 1 N–H and O–H groups in total. The molecule has 0 atom stereocenters. The summed E-state index contributed by atoms with van der Waals surface area (Å²) >= 11 is 0. The molecule has 1 heterocycles. The Hall–Kier alpha value is -3.41. The first-order valence-electron chi connectivity index (χ1n) is 7.61. The molecule has 0 spiro atoms. The summed E-state index contributed by atoms with van der Waals surface area (Å²) in [7, 11) is 1.31. The monoisotopic (exact) mass is 336 g/mol. The number of rotatable bonds is 4. The number of aromatic nitrogens is 1. The van der Waals surface area contributed by atoms with Crippen molar-refractivity contribution in [2.75, 3.05) is 12.4 Å². The van der Waals surface area contributed by atoms with Gasteiger partial charge >= 0.3 is 5.97 Å². The van der Waals surface area contributed by atoms with E-state index in [0.29, 0.717) is 28.3 Å². The van der Waals surface area contributed by atoms with Crippen molar-refractivity contribution in [3.05, 3.63) is 71.5 Å². The number of anilines is 1. The van der Waals surface area contributed by atoms with Crippen LogP contribution >= 0.6 is 0 Å². The van der Waals surface area contributed by atoms with E-state index in [1.54, 1.807) is 31.2 Å². The van der Waals surface area contributed by atoms with E-state index in [1.165, 1.54) is 7.11 Å². The van der Waals surface area contributed by atoms with Gasteiger partial charge in [-0.3, -0.25) is 4.79 Å². The van der Waals surface area contributed by atoms with Crippen LogP contribution in [0.15, 0.2) is 59.1 Å². The second kappa shape index (κ2) is 7.00. The van der Waals surface area contributed by atoms with Crippen molar-refractivity contribution in [2.24, 2.45) is 0 Å². The number of nitrogens with zero attached hydrogens (tertiary/aromatic N) is 1. The van der Waals surface area contributed by atoms with Crippen LogP contribution in [0.25, 0.3) is 11.3 Å². The van der Waals surface area contributed by atoms with Crippen molar-refractivity contribution in [3.63, 3.8) is 0 Å². The van der Waals surface area contributed by atoms with Gasteiger partial charge in [-0.1, -0.05) is 41.6 Å². The summed E-state index contributed by atoms with van der Waals surface area (Å²) in [5.41, 5.74) is 2.44. The van der Waals surface area contributed by atoms with Gasteiger partial charge in [0.15, 0.2) is 0 Å². The van der Waals surface area contributed by atoms with Crippen LogP contribution < -0.4 is 5.32 Å². The zero-order valence-corrected chi connectivity index (χ0v) is 13.8. The minimum absolute atomic E-state index is 0.352. The van der Waals surface area contributed by atoms with Crippen LogP contribution in [0.1, 0.15) is 26.5 Å². The van der Waals surface area contributed by atoms with Gasteiger partial charge in [-0.05, 0) is 25.1 Å². The lowest BCUT2D eigenvalue weighted by Gasteiger charge is -2.07. The van der Waals surface area contributed by atoms with Crippen LogP contribution in [-0.2, 0) is 4.74 Å². The van der Waals surface area contributed by atoms with Gasteiger partial charge in [-0.25, -0.2) is 4.79 Å². The Morgan fingerprint density at radius 1 is 1.08 bits per heavy atom. The van der Waals surface area contributed by atoms with Crippen molar-refractivity contribution in [2.45, 2.75) is 6.92 Å². The van der Waals surface area contributed by atoms with Crippen LogP contribution in [0.5, 0.6) is 0 Å². The molecule has 0 saturated heterocycles. The van der Waals surface area contributed by atoms with Crippen LogP contribution in [0, 0.1) is 6.92 Å². The number of esters is 1. The number of amides is 1. The molecule has 25 heavy (non-hydrogen) atoms. The maximum atomic E-state index is 12.7. The SMILES string of the molecule is COC(=O)c1cccc(NC(=O)c2c(-c3ccccc3)noc2C)c1. The van der Waals surface area contributed by atoms with E-state index in [-0.39, 0.29) is 5.91 Å². The smallest absolute Gasteiger partial charge is 0.337 e. The van der Waals surface area contributed by atoms with Crippen molar-refractivity contribution < 1.29 is 18.8 Å². The molecule has 0 bridgehead atoms. The highest BCUT2D eigenvalue weighted by molar-refractivity contribution is 6.09. The van der Waals surface area contributed by atoms with E-state index in [9.17, 15) is 9.59 Å². The summed E-state index contributed by atoms with van der Waals surface area (Å²) in [6.07, 6.45) is 0. The summed E-state index contributed by atoms with van der Waals surface area (Å²) in [4.78, 5) is 24.3. The predicted molar refractivity (Wildman–Crippen MR) is 92.4 cm³/mol. The molecule has 0 saturated carbocycles. The first-order chi connectivity index (χ1) is 12.1. The maximum absolute atomic E-state index is 12.7. The quantitative estimate of drug-likeness (QED) is 0.735. The number of hydrogen-bond acceptors (Lipinski definition) is 5. The molecule has 0 aliphatic carbocycles. The lowest BCUT2D eigenvalue weighted by atomic mass is 10.1. The normalized spacial score (nSPS) is 10.3. The molecular formula is C19H16N2O4. The molecule has 1 amide bonds. The maximum Gasteiger partial charge on any atom is 0.337 e. The van der Waals surface area contributed by atoms with E-state index in [1.807, 2.05) is 30.3 Å². The van der Waals surface area contributed by atoms with Gasteiger partial charge in [0.25, 0.3) is 5.91 Å². The highest BCUT2D eigenvalue weighted by Crippen LogP contribution is 2.26. The van der Waals surface area contributed by atoms with Gasteiger partial charge in [-0.2, -0.15) is 0 Å². The molecule has 0 aliphatic rings. The Kier molecular flexibility index (Phi) is 4.61. The van der Waals surface area contributed by atoms with E-state index >= 15 is 0 Å². The fourth-order valence-electron chi connectivity index (χ4n) is 2.47. The molecule has 2 aromatic carbocycles. The van der Waals surface area contributed by atoms with Crippen LogP contribution in [0.2, 0.25) is 0 Å². The number of carbonyl (C=O) groups excluding carboxylic acids is 2.